The van der Waals surface area contributed by atoms with Crippen molar-refractivity contribution in [1.82, 2.24) is 4.31 Å². The highest BCUT2D eigenvalue weighted by Gasteiger charge is 2.26. The van der Waals surface area contributed by atoms with Crippen LogP contribution in [0.15, 0.2) is 24.3 Å². The largest absolute Gasteiger partial charge is 0.493 e. The maximum atomic E-state index is 11.6. The number of ether oxygens (including phenoxy) is 1. The third-order valence-electron chi connectivity index (χ3n) is 3.77. The minimum atomic E-state index is -3.07. The van der Waals surface area contributed by atoms with E-state index in [0.29, 0.717) is 19.7 Å². The smallest absolute Gasteiger partial charge is 0.211 e. The van der Waals surface area contributed by atoms with E-state index in [2.05, 4.69) is 19.1 Å². The first-order valence-electron chi connectivity index (χ1n) is 7.16. The molecule has 0 amide bonds. The van der Waals surface area contributed by atoms with Crippen LogP contribution < -0.4 is 4.74 Å². The lowest BCUT2D eigenvalue weighted by atomic mass is 10.0. The number of nitrogens with zero attached hydrogens (tertiary/aromatic N) is 1. The molecular formula is C15H23NO3S. The summed E-state index contributed by atoms with van der Waals surface area (Å²) < 4.78 is 30.5. The summed E-state index contributed by atoms with van der Waals surface area (Å²) in [7, 11) is -3.07. The molecule has 1 unspecified atom stereocenters. The van der Waals surface area contributed by atoms with Crippen LogP contribution in [-0.2, 0) is 16.4 Å². The third-order valence-corrected chi connectivity index (χ3v) is 5.04. The summed E-state index contributed by atoms with van der Waals surface area (Å²) in [5.74, 6) is 1.14. The standard InChI is InChI=1S/C15H23NO3S/c1-3-13-6-8-15(9-7-13)19-12-14-5-4-10-16(11-14)20(2,17)18/h6-9,14H,3-5,10-12H2,1-2H3. The lowest BCUT2D eigenvalue weighted by molar-refractivity contribution is 0.180. The van der Waals surface area contributed by atoms with Gasteiger partial charge in [0.15, 0.2) is 0 Å². The van der Waals surface area contributed by atoms with Gasteiger partial charge in [0.1, 0.15) is 5.75 Å². The Hall–Kier alpha value is -1.07. The Kier molecular flexibility index (Phi) is 5.05. The molecule has 0 aliphatic carbocycles. The molecule has 0 saturated carbocycles. The molecule has 1 aromatic rings. The third kappa shape index (κ3) is 4.21. The van der Waals surface area contributed by atoms with Gasteiger partial charge in [-0.25, -0.2) is 12.7 Å². The molecule has 0 bridgehead atoms. The van der Waals surface area contributed by atoms with Gasteiger partial charge in [-0.3, -0.25) is 0 Å². The summed E-state index contributed by atoms with van der Waals surface area (Å²) in [5.41, 5.74) is 1.29. The van der Waals surface area contributed by atoms with Crippen LogP contribution in [0.2, 0.25) is 0 Å². The quantitative estimate of drug-likeness (QED) is 0.838. The van der Waals surface area contributed by atoms with Crippen molar-refractivity contribution in [3.63, 3.8) is 0 Å². The fourth-order valence-electron chi connectivity index (χ4n) is 2.50. The first kappa shape index (κ1) is 15.3. The number of benzene rings is 1. The minimum absolute atomic E-state index is 0.282. The maximum absolute atomic E-state index is 11.6. The molecule has 1 saturated heterocycles. The van der Waals surface area contributed by atoms with Crippen LogP contribution in [0, 0.1) is 5.92 Å². The van der Waals surface area contributed by atoms with Crippen LogP contribution in [0.4, 0.5) is 0 Å². The zero-order valence-corrected chi connectivity index (χ0v) is 13.0. The molecule has 1 aliphatic heterocycles. The highest BCUT2D eigenvalue weighted by molar-refractivity contribution is 7.88. The molecule has 0 radical (unpaired) electrons. The Morgan fingerprint density at radius 3 is 2.60 bits per heavy atom. The van der Waals surface area contributed by atoms with Gasteiger partial charge < -0.3 is 4.74 Å². The Bertz CT molecular complexity index is 525. The molecule has 1 aliphatic rings. The summed E-state index contributed by atoms with van der Waals surface area (Å²) in [6, 6.07) is 8.10. The number of aryl methyl sites for hydroxylation is 1. The highest BCUT2D eigenvalue weighted by Crippen LogP contribution is 2.20. The predicted octanol–water partition coefficient (Wildman–Crippen LogP) is 2.30. The fraction of sp³-hybridized carbons (Fsp3) is 0.600. The summed E-state index contributed by atoms with van der Waals surface area (Å²) in [6.45, 7) is 3.92. The Balaban J connectivity index is 1.87. The summed E-state index contributed by atoms with van der Waals surface area (Å²) in [5, 5.41) is 0. The van der Waals surface area contributed by atoms with Gasteiger partial charge in [-0.1, -0.05) is 19.1 Å². The number of hydrogen-bond acceptors (Lipinski definition) is 3. The molecule has 0 aromatic heterocycles. The van der Waals surface area contributed by atoms with E-state index in [9.17, 15) is 8.42 Å². The van der Waals surface area contributed by atoms with Crippen LogP contribution in [0.5, 0.6) is 5.75 Å². The van der Waals surface area contributed by atoms with Crippen LogP contribution in [0.1, 0.15) is 25.3 Å². The Morgan fingerprint density at radius 2 is 2.00 bits per heavy atom. The molecule has 4 nitrogen and oxygen atoms in total. The molecule has 20 heavy (non-hydrogen) atoms. The van der Waals surface area contributed by atoms with Gasteiger partial charge >= 0.3 is 0 Å². The van der Waals surface area contributed by atoms with Crippen molar-refractivity contribution in [2.75, 3.05) is 26.0 Å². The molecular weight excluding hydrogens is 274 g/mol. The second kappa shape index (κ2) is 6.59. The molecule has 1 aromatic carbocycles. The van der Waals surface area contributed by atoms with Gasteiger partial charge in [-0.2, -0.15) is 0 Å². The van der Waals surface area contributed by atoms with Gasteiger partial charge in [-0.05, 0) is 37.0 Å². The van der Waals surface area contributed by atoms with Gasteiger partial charge in [0, 0.05) is 19.0 Å². The van der Waals surface area contributed by atoms with E-state index in [1.165, 1.54) is 11.8 Å². The number of sulfonamides is 1. The second-order valence-corrected chi connectivity index (χ2v) is 7.42. The van der Waals surface area contributed by atoms with E-state index in [0.717, 1.165) is 25.0 Å². The summed E-state index contributed by atoms with van der Waals surface area (Å²) in [6.07, 6.45) is 4.24. The van der Waals surface area contributed by atoms with E-state index in [1.54, 1.807) is 4.31 Å². The van der Waals surface area contributed by atoms with E-state index in [-0.39, 0.29) is 5.92 Å². The summed E-state index contributed by atoms with van der Waals surface area (Å²) >= 11 is 0. The molecule has 5 heteroatoms. The van der Waals surface area contributed by atoms with E-state index in [4.69, 9.17) is 4.74 Å². The minimum Gasteiger partial charge on any atom is -0.493 e. The van der Waals surface area contributed by atoms with Gasteiger partial charge in [-0.15, -0.1) is 0 Å². The Morgan fingerprint density at radius 1 is 1.30 bits per heavy atom. The zero-order valence-electron chi connectivity index (χ0n) is 12.2. The van der Waals surface area contributed by atoms with Gasteiger partial charge in [0.2, 0.25) is 10.0 Å². The second-order valence-electron chi connectivity index (χ2n) is 5.44. The number of rotatable bonds is 5. The summed E-state index contributed by atoms with van der Waals surface area (Å²) in [4.78, 5) is 0. The Labute approximate surface area is 121 Å². The number of hydrogen-bond donors (Lipinski definition) is 0. The SMILES string of the molecule is CCc1ccc(OCC2CCCN(S(C)(=O)=O)C2)cc1. The first-order valence-corrected chi connectivity index (χ1v) is 9.00. The topological polar surface area (TPSA) is 46.6 Å². The van der Waals surface area contributed by atoms with Crippen LogP contribution in [-0.4, -0.2) is 38.7 Å². The normalized spacial score (nSPS) is 20.8. The average molecular weight is 297 g/mol. The van der Waals surface area contributed by atoms with Crippen LogP contribution in [0.25, 0.3) is 0 Å². The molecule has 1 heterocycles. The van der Waals surface area contributed by atoms with Gasteiger partial charge in [0.25, 0.3) is 0 Å². The monoisotopic (exact) mass is 297 g/mol. The zero-order chi connectivity index (χ0) is 14.6. The highest BCUT2D eigenvalue weighted by atomic mass is 32.2. The lowest BCUT2D eigenvalue weighted by Gasteiger charge is -2.30. The van der Waals surface area contributed by atoms with E-state index >= 15 is 0 Å². The van der Waals surface area contributed by atoms with Crippen molar-refractivity contribution in [3.05, 3.63) is 29.8 Å². The predicted molar refractivity (Wildman–Crippen MR) is 80.5 cm³/mol. The molecule has 1 atom stereocenters. The average Bonchev–Trinajstić information content (AvgIpc) is 2.45. The van der Waals surface area contributed by atoms with Crippen LogP contribution >= 0.6 is 0 Å². The molecule has 1 fully saturated rings. The van der Waals surface area contributed by atoms with Crippen molar-refractivity contribution in [1.29, 1.82) is 0 Å². The maximum Gasteiger partial charge on any atom is 0.211 e. The van der Waals surface area contributed by atoms with Crippen molar-refractivity contribution >= 4 is 10.0 Å². The van der Waals surface area contributed by atoms with Crippen LogP contribution in [0.3, 0.4) is 0 Å². The molecule has 2 rings (SSSR count). The van der Waals surface area contributed by atoms with Crippen molar-refractivity contribution < 1.29 is 13.2 Å². The number of piperidine rings is 1. The fourth-order valence-corrected chi connectivity index (χ4v) is 3.44. The van der Waals surface area contributed by atoms with Crippen molar-refractivity contribution in [3.8, 4) is 5.75 Å². The van der Waals surface area contributed by atoms with E-state index in [1.807, 2.05) is 12.1 Å². The molecule has 0 N–H and O–H groups in total. The van der Waals surface area contributed by atoms with Crippen molar-refractivity contribution in [2.24, 2.45) is 5.92 Å². The molecule has 112 valence electrons. The first-order chi connectivity index (χ1) is 9.49. The molecule has 0 spiro atoms. The van der Waals surface area contributed by atoms with E-state index < -0.39 is 10.0 Å². The van der Waals surface area contributed by atoms with Gasteiger partial charge in [0.05, 0.1) is 12.9 Å². The lowest BCUT2D eigenvalue weighted by Crippen LogP contribution is -2.40. The van der Waals surface area contributed by atoms with Crippen molar-refractivity contribution in [2.45, 2.75) is 26.2 Å².